The van der Waals surface area contributed by atoms with Gasteiger partial charge >= 0.3 is 0 Å². The van der Waals surface area contributed by atoms with Crippen LogP contribution in [0.5, 0.6) is 0 Å². The van der Waals surface area contributed by atoms with Gasteiger partial charge in [-0.1, -0.05) is 5.21 Å². The van der Waals surface area contributed by atoms with E-state index in [1.807, 2.05) is 0 Å². The minimum atomic E-state index is -0.842. The number of amides is 1. The third-order valence-electron chi connectivity index (χ3n) is 1.79. The van der Waals surface area contributed by atoms with Crippen molar-refractivity contribution in [2.75, 3.05) is 6.54 Å². The van der Waals surface area contributed by atoms with Crippen molar-refractivity contribution < 1.29 is 9.90 Å². The Balaban J connectivity index is 2.49. The summed E-state index contributed by atoms with van der Waals surface area (Å²) in [6, 6.07) is 0. The smallest absolute Gasteiger partial charge is 0.234 e. The normalized spacial score (nSPS) is 11.5. The van der Waals surface area contributed by atoms with E-state index in [9.17, 15) is 9.90 Å². The molecule has 1 aromatic rings. The molecule has 0 spiro atoms. The largest absolute Gasteiger partial charge is 0.389 e. The molecule has 0 saturated carbocycles. The highest BCUT2D eigenvalue weighted by molar-refractivity contribution is 5.77. The first-order chi connectivity index (χ1) is 7.40. The van der Waals surface area contributed by atoms with Crippen LogP contribution in [-0.2, 0) is 17.9 Å². The molecule has 1 amide bonds. The maximum atomic E-state index is 10.9. The van der Waals surface area contributed by atoms with Crippen LogP contribution in [0.2, 0.25) is 0 Å². The van der Waals surface area contributed by atoms with E-state index in [4.69, 9.17) is 5.73 Å². The van der Waals surface area contributed by atoms with Crippen molar-refractivity contribution in [2.45, 2.75) is 32.5 Å². The monoisotopic (exact) mass is 227 g/mol. The predicted octanol–water partition coefficient (Wildman–Crippen LogP) is -1.38. The number of rotatable bonds is 5. The van der Waals surface area contributed by atoms with Gasteiger partial charge in [0.15, 0.2) is 0 Å². The summed E-state index contributed by atoms with van der Waals surface area (Å²) in [6.45, 7) is 3.97. The van der Waals surface area contributed by atoms with Gasteiger partial charge in [0.25, 0.3) is 0 Å². The van der Waals surface area contributed by atoms with Crippen LogP contribution in [0.4, 0.5) is 0 Å². The molecule has 0 atom stereocenters. The van der Waals surface area contributed by atoms with Crippen LogP contribution in [-0.4, -0.2) is 38.2 Å². The van der Waals surface area contributed by atoms with Gasteiger partial charge in [-0.25, -0.2) is 4.68 Å². The maximum Gasteiger partial charge on any atom is 0.234 e. The Labute approximate surface area is 93.6 Å². The summed E-state index contributed by atoms with van der Waals surface area (Å²) in [7, 11) is 0. The van der Waals surface area contributed by atoms with E-state index in [0.29, 0.717) is 18.8 Å². The molecule has 0 aliphatic heterocycles. The molecule has 0 radical (unpaired) electrons. The number of nitrogens with one attached hydrogen (secondary N) is 1. The molecule has 0 saturated heterocycles. The number of carbonyl (C=O) groups is 1. The fourth-order valence-electron chi connectivity index (χ4n) is 1.15. The van der Waals surface area contributed by atoms with Gasteiger partial charge in [0.2, 0.25) is 5.91 Å². The van der Waals surface area contributed by atoms with Gasteiger partial charge in [-0.3, -0.25) is 4.79 Å². The van der Waals surface area contributed by atoms with Gasteiger partial charge in [-0.15, -0.1) is 5.10 Å². The van der Waals surface area contributed by atoms with Crippen molar-refractivity contribution >= 4 is 5.91 Å². The average Bonchev–Trinajstić information content (AvgIpc) is 2.59. The van der Waals surface area contributed by atoms with E-state index in [1.54, 1.807) is 20.0 Å². The number of aromatic nitrogens is 3. The van der Waals surface area contributed by atoms with Crippen LogP contribution in [0.3, 0.4) is 0 Å². The van der Waals surface area contributed by atoms with Crippen molar-refractivity contribution in [1.29, 1.82) is 0 Å². The molecule has 0 bridgehead atoms. The first-order valence-corrected chi connectivity index (χ1v) is 4.99. The number of carbonyl (C=O) groups excluding carboxylic acids is 1. The molecule has 1 aromatic heterocycles. The second kappa shape index (κ2) is 5.04. The molecular formula is C9H17N5O2. The zero-order chi connectivity index (χ0) is 12.2. The number of hydrogen-bond donors (Lipinski definition) is 3. The second-order valence-corrected chi connectivity index (χ2v) is 4.20. The maximum absolute atomic E-state index is 10.9. The van der Waals surface area contributed by atoms with E-state index in [1.165, 1.54) is 4.68 Å². The van der Waals surface area contributed by atoms with Crippen molar-refractivity contribution in [1.82, 2.24) is 20.3 Å². The molecule has 7 heteroatoms. The Morgan fingerprint density at radius 3 is 2.94 bits per heavy atom. The van der Waals surface area contributed by atoms with Gasteiger partial charge < -0.3 is 16.2 Å². The minimum absolute atomic E-state index is 0.0438. The van der Waals surface area contributed by atoms with E-state index < -0.39 is 5.60 Å². The highest BCUT2D eigenvalue weighted by Crippen LogP contribution is 2.04. The van der Waals surface area contributed by atoms with Crippen molar-refractivity contribution in [3.8, 4) is 0 Å². The Morgan fingerprint density at radius 1 is 1.69 bits per heavy atom. The first-order valence-electron chi connectivity index (χ1n) is 4.99. The summed E-state index contributed by atoms with van der Waals surface area (Å²) >= 11 is 0. The Kier molecular flexibility index (Phi) is 3.97. The van der Waals surface area contributed by atoms with Gasteiger partial charge in [0.1, 0.15) is 5.69 Å². The third-order valence-corrected chi connectivity index (χ3v) is 1.79. The van der Waals surface area contributed by atoms with E-state index in [2.05, 4.69) is 15.6 Å². The first kappa shape index (κ1) is 12.6. The lowest BCUT2D eigenvalue weighted by atomic mass is 10.1. The second-order valence-electron chi connectivity index (χ2n) is 4.20. The lowest BCUT2D eigenvalue weighted by Crippen LogP contribution is -2.29. The zero-order valence-electron chi connectivity index (χ0n) is 9.47. The van der Waals surface area contributed by atoms with Crippen LogP contribution in [0.25, 0.3) is 0 Å². The summed E-state index contributed by atoms with van der Waals surface area (Å²) in [5, 5.41) is 19.8. The number of nitrogens with zero attached hydrogens (tertiary/aromatic N) is 3. The molecule has 0 aliphatic rings. The lowest BCUT2D eigenvalue weighted by molar-refractivity contribution is -0.119. The van der Waals surface area contributed by atoms with Gasteiger partial charge in [0, 0.05) is 0 Å². The molecular weight excluding hydrogens is 210 g/mol. The highest BCUT2D eigenvalue weighted by atomic mass is 16.3. The molecule has 7 nitrogen and oxygen atoms in total. The summed E-state index contributed by atoms with van der Waals surface area (Å²) < 4.78 is 1.53. The van der Waals surface area contributed by atoms with Crippen molar-refractivity contribution in [3.05, 3.63) is 11.9 Å². The Hall–Kier alpha value is -1.47. The van der Waals surface area contributed by atoms with E-state index >= 15 is 0 Å². The van der Waals surface area contributed by atoms with E-state index in [0.717, 1.165) is 0 Å². The van der Waals surface area contributed by atoms with Crippen molar-refractivity contribution in [3.63, 3.8) is 0 Å². The van der Waals surface area contributed by atoms with E-state index in [-0.39, 0.29) is 12.5 Å². The summed E-state index contributed by atoms with van der Waals surface area (Å²) in [4.78, 5) is 10.9. The van der Waals surface area contributed by atoms with Crippen LogP contribution in [0.15, 0.2) is 6.20 Å². The van der Waals surface area contributed by atoms with Gasteiger partial charge in [-0.2, -0.15) is 0 Å². The topological polar surface area (TPSA) is 106 Å². The predicted molar refractivity (Wildman–Crippen MR) is 57.2 cm³/mol. The highest BCUT2D eigenvalue weighted by Gasteiger charge is 2.14. The molecule has 1 heterocycles. The number of nitrogens with two attached hydrogens (primary N) is 1. The Bertz CT molecular complexity index is 355. The van der Waals surface area contributed by atoms with Gasteiger partial charge in [-0.05, 0) is 13.8 Å². The zero-order valence-corrected chi connectivity index (χ0v) is 9.47. The van der Waals surface area contributed by atoms with Crippen LogP contribution < -0.4 is 11.1 Å². The average molecular weight is 227 g/mol. The standard InChI is InChI=1S/C9H17N5O2/c1-9(2,16)6-14-5-7(12-13-14)4-11-8(15)3-10/h5,16H,3-4,6,10H2,1-2H3,(H,11,15). The SMILES string of the molecule is CC(C)(O)Cn1cc(CNC(=O)CN)nn1. The molecule has 0 fully saturated rings. The van der Waals surface area contributed by atoms with Crippen LogP contribution >= 0.6 is 0 Å². The molecule has 0 aliphatic carbocycles. The molecule has 4 N–H and O–H groups in total. The molecule has 1 rings (SSSR count). The fraction of sp³-hybridized carbons (Fsp3) is 0.667. The summed E-state index contributed by atoms with van der Waals surface area (Å²) in [6.07, 6.45) is 1.68. The molecule has 90 valence electrons. The molecule has 0 aromatic carbocycles. The van der Waals surface area contributed by atoms with Crippen molar-refractivity contribution in [2.24, 2.45) is 5.73 Å². The molecule has 16 heavy (non-hydrogen) atoms. The van der Waals surface area contributed by atoms with Gasteiger partial charge in [0.05, 0.1) is 31.4 Å². The summed E-state index contributed by atoms with van der Waals surface area (Å²) in [5.41, 5.74) is 4.93. The number of aliphatic hydroxyl groups is 1. The Morgan fingerprint density at radius 2 is 2.38 bits per heavy atom. The molecule has 0 unspecified atom stereocenters. The third kappa shape index (κ3) is 4.37. The quantitative estimate of drug-likeness (QED) is 0.575. The minimum Gasteiger partial charge on any atom is -0.389 e. The van der Waals surface area contributed by atoms with Crippen LogP contribution in [0.1, 0.15) is 19.5 Å². The van der Waals surface area contributed by atoms with Crippen LogP contribution in [0, 0.1) is 0 Å². The fourth-order valence-corrected chi connectivity index (χ4v) is 1.15. The lowest BCUT2D eigenvalue weighted by Gasteiger charge is -2.15. The number of hydrogen-bond acceptors (Lipinski definition) is 5. The summed E-state index contributed by atoms with van der Waals surface area (Å²) in [5.74, 6) is -0.239.